The second kappa shape index (κ2) is 7.02. The van der Waals surface area contributed by atoms with E-state index in [-0.39, 0.29) is 11.6 Å². The van der Waals surface area contributed by atoms with Crippen LogP contribution in [-0.2, 0) is 6.42 Å². The van der Waals surface area contributed by atoms with Gasteiger partial charge in [0.15, 0.2) is 5.69 Å². The Morgan fingerprint density at radius 3 is 2.68 bits per heavy atom. The summed E-state index contributed by atoms with van der Waals surface area (Å²) in [5.74, 6) is -1.17. The highest BCUT2D eigenvalue weighted by Crippen LogP contribution is 2.21. The third-order valence-corrected chi connectivity index (χ3v) is 4.91. The molecule has 0 saturated carbocycles. The lowest BCUT2D eigenvalue weighted by atomic mass is 10.1. The molecule has 1 heterocycles. The minimum absolute atomic E-state index is 0.0469. The molecule has 0 bridgehead atoms. The van der Waals surface area contributed by atoms with Crippen LogP contribution in [0.5, 0.6) is 0 Å². The first kappa shape index (κ1) is 16.6. The Kier molecular flexibility index (Phi) is 5.31. The van der Waals surface area contributed by atoms with Gasteiger partial charge in [-0.15, -0.1) is 11.3 Å². The largest absolute Gasteiger partial charge is 0.476 e. The summed E-state index contributed by atoms with van der Waals surface area (Å²) in [6.45, 7) is 4.24. The standard InChI is InChI=1S/C15H15BrN2O3S/c1-8-6-11(16)9(2)5-10(8)14(19)17-4-3-13-18-12(7-22-13)15(20)21/h5-7H,3-4H2,1-2H3,(H,17,19)(H,20,21). The summed E-state index contributed by atoms with van der Waals surface area (Å²) in [5, 5.41) is 13.8. The molecule has 0 spiro atoms. The van der Waals surface area contributed by atoms with Crippen LogP contribution in [0, 0.1) is 13.8 Å². The summed E-state index contributed by atoms with van der Waals surface area (Å²) < 4.78 is 0.977. The van der Waals surface area contributed by atoms with Crippen molar-refractivity contribution in [2.45, 2.75) is 20.3 Å². The fourth-order valence-electron chi connectivity index (χ4n) is 1.93. The molecule has 7 heteroatoms. The lowest BCUT2D eigenvalue weighted by molar-refractivity contribution is 0.0690. The average molecular weight is 383 g/mol. The molecule has 2 aromatic rings. The molecule has 0 aliphatic rings. The summed E-state index contributed by atoms with van der Waals surface area (Å²) in [4.78, 5) is 26.9. The summed E-state index contributed by atoms with van der Waals surface area (Å²) in [5.41, 5.74) is 2.59. The summed E-state index contributed by atoms with van der Waals surface area (Å²) >= 11 is 4.72. The number of carbonyl (C=O) groups excluding carboxylic acids is 1. The Balaban J connectivity index is 1.95. The molecule has 22 heavy (non-hydrogen) atoms. The van der Waals surface area contributed by atoms with Crippen LogP contribution >= 0.6 is 27.3 Å². The molecule has 0 radical (unpaired) electrons. The predicted octanol–water partition coefficient (Wildman–Crippen LogP) is 3.19. The van der Waals surface area contributed by atoms with Crippen LogP contribution in [-0.4, -0.2) is 28.5 Å². The molecule has 0 aliphatic carbocycles. The number of hydrogen-bond acceptors (Lipinski definition) is 4. The van der Waals surface area contributed by atoms with Gasteiger partial charge in [0.2, 0.25) is 0 Å². The normalized spacial score (nSPS) is 10.5. The van der Waals surface area contributed by atoms with Gasteiger partial charge in [0.25, 0.3) is 5.91 Å². The molecule has 0 unspecified atom stereocenters. The van der Waals surface area contributed by atoms with E-state index >= 15 is 0 Å². The fraction of sp³-hybridized carbons (Fsp3) is 0.267. The number of aromatic carboxylic acids is 1. The maximum atomic E-state index is 12.2. The third kappa shape index (κ3) is 3.92. The zero-order chi connectivity index (χ0) is 16.3. The van der Waals surface area contributed by atoms with E-state index in [0.717, 1.165) is 15.6 Å². The second-order valence-electron chi connectivity index (χ2n) is 4.85. The SMILES string of the molecule is Cc1cc(C(=O)NCCc2nc(C(=O)O)cs2)c(C)cc1Br. The molecule has 0 saturated heterocycles. The van der Waals surface area contributed by atoms with Gasteiger partial charge in [0, 0.05) is 28.4 Å². The van der Waals surface area contributed by atoms with Gasteiger partial charge in [-0.3, -0.25) is 4.79 Å². The van der Waals surface area contributed by atoms with Crippen molar-refractivity contribution in [1.29, 1.82) is 0 Å². The van der Waals surface area contributed by atoms with Gasteiger partial charge in [-0.25, -0.2) is 9.78 Å². The van der Waals surface area contributed by atoms with Crippen LogP contribution in [0.2, 0.25) is 0 Å². The van der Waals surface area contributed by atoms with E-state index in [4.69, 9.17) is 5.11 Å². The van der Waals surface area contributed by atoms with Crippen molar-refractivity contribution in [1.82, 2.24) is 10.3 Å². The first-order valence-electron chi connectivity index (χ1n) is 6.61. The van der Waals surface area contributed by atoms with Gasteiger partial charge in [-0.05, 0) is 37.1 Å². The molecule has 2 N–H and O–H groups in total. The number of rotatable bonds is 5. The molecule has 1 aromatic carbocycles. The number of aromatic nitrogens is 1. The minimum Gasteiger partial charge on any atom is -0.476 e. The first-order valence-corrected chi connectivity index (χ1v) is 8.28. The zero-order valence-corrected chi connectivity index (χ0v) is 14.5. The summed E-state index contributed by atoms with van der Waals surface area (Å²) in [6.07, 6.45) is 0.512. The quantitative estimate of drug-likeness (QED) is 0.831. The number of carbonyl (C=O) groups is 2. The zero-order valence-electron chi connectivity index (χ0n) is 12.1. The number of benzene rings is 1. The van der Waals surface area contributed by atoms with E-state index in [1.807, 2.05) is 26.0 Å². The van der Waals surface area contributed by atoms with Gasteiger partial charge in [-0.1, -0.05) is 15.9 Å². The number of carboxylic acid groups (broad SMARTS) is 1. The van der Waals surface area contributed by atoms with Crippen molar-refractivity contribution in [3.05, 3.63) is 49.4 Å². The second-order valence-corrected chi connectivity index (χ2v) is 6.65. The molecular weight excluding hydrogens is 368 g/mol. The van der Waals surface area contributed by atoms with E-state index < -0.39 is 5.97 Å². The number of amides is 1. The molecule has 1 aromatic heterocycles. The average Bonchev–Trinajstić information content (AvgIpc) is 2.91. The number of carboxylic acids is 1. The van der Waals surface area contributed by atoms with Gasteiger partial charge >= 0.3 is 5.97 Å². The Labute approximate surface area is 140 Å². The molecular formula is C15H15BrN2O3S. The number of nitrogens with one attached hydrogen (secondary N) is 1. The van der Waals surface area contributed by atoms with E-state index in [0.29, 0.717) is 23.5 Å². The smallest absolute Gasteiger partial charge is 0.355 e. The van der Waals surface area contributed by atoms with Crippen molar-refractivity contribution in [2.75, 3.05) is 6.54 Å². The van der Waals surface area contributed by atoms with Gasteiger partial charge in [0.05, 0.1) is 5.01 Å². The van der Waals surface area contributed by atoms with Gasteiger partial charge in [0.1, 0.15) is 0 Å². The third-order valence-electron chi connectivity index (χ3n) is 3.15. The topological polar surface area (TPSA) is 79.3 Å². The number of hydrogen-bond donors (Lipinski definition) is 2. The van der Waals surface area contributed by atoms with Crippen LogP contribution < -0.4 is 5.32 Å². The Bertz CT molecular complexity index is 728. The molecule has 1 amide bonds. The number of nitrogens with zero attached hydrogens (tertiary/aromatic N) is 1. The van der Waals surface area contributed by atoms with Crippen molar-refractivity contribution in [3.8, 4) is 0 Å². The van der Waals surface area contributed by atoms with Crippen molar-refractivity contribution in [2.24, 2.45) is 0 Å². The lowest BCUT2D eigenvalue weighted by Crippen LogP contribution is -2.26. The monoisotopic (exact) mass is 382 g/mol. The molecule has 0 atom stereocenters. The first-order chi connectivity index (χ1) is 10.4. The number of aryl methyl sites for hydroxylation is 2. The van der Waals surface area contributed by atoms with E-state index in [2.05, 4.69) is 26.2 Å². The number of halogens is 1. The molecule has 0 fully saturated rings. The van der Waals surface area contributed by atoms with E-state index in [9.17, 15) is 9.59 Å². The maximum Gasteiger partial charge on any atom is 0.355 e. The highest BCUT2D eigenvalue weighted by Gasteiger charge is 2.12. The highest BCUT2D eigenvalue weighted by molar-refractivity contribution is 9.10. The van der Waals surface area contributed by atoms with E-state index in [1.54, 1.807) is 0 Å². The Hall–Kier alpha value is -1.73. The van der Waals surface area contributed by atoms with Gasteiger partial charge in [-0.2, -0.15) is 0 Å². The summed E-state index contributed by atoms with van der Waals surface area (Å²) in [6, 6.07) is 3.77. The van der Waals surface area contributed by atoms with Crippen LogP contribution in [0.4, 0.5) is 0 Å². The molecule has 5 nitrogen and oxygen atoms in total. The predicted molar refractivity (Wildman–Crippen MR) is 88.7 cm³/mol. The van der Waals surface area contributed by atoms with Crippen molar-refractivity contribution >= 4 is 39.1 Å². The fourth-order valence-corrected chi connectivity index (χ4v) is 3.16. The van der Waals surface area contributed by atoms with Crippen molar-refractivity contribution in [3.63, 3.8) is 0 Å². The van der Waals surface area contributed by atoms with Gasteiger partial charge < -0.3 is 10.4 Å². The molecule has 2 rings (SSSR count). The highest BCUT2D eigenvalue weighted by atomic mass is 79.9. The Morgan fingerprint density at radius 1 is 1.32 bits per heavy atom. The van der Waals surface area contributed by atoms with Crippen LogP contribution in [0.1, 0.15) is 37.0 Å². The lowest BCUT2D eigenvalue weighted by Gasteiger charge is -2.09. The van der Waals surface area contributed by atoms with Crippen LogP contribution in [0.25, 0.3) is 0 Å². The Morgan fingerprint density at radius 2 is 2.05 bits per heavy atom. The minimum atomic E-state index is -1.03. The van der Waals surface area contributed by atoms with Crippen LogP contribution in [0.15, 0.2) is 22.0 Å². The molecule has 0 aliphatic heterocycles. The maximum absolute atomic E-state index is 12.2. The number of thiazole rings is 1. The van der Waals surface area contributed by atoms with E-state index in [1.165, 1.54) is 16.7 Å². The summed E-state index contributed by atoms with van der Waals surface area (Å²) in [7, 11) is 0. The molecule has 116 valence electrons. The van der Waals surface area contributed by atoms with Crippen LogP contribution in [0.3, 0.4) is 0 Å². The van der Waals surface area contributed by atoms with Crippen molar-refractivity contribution < 1.29 is 14.7 Å².